The van der Waals surface area contributed by atoms with Crippen molar-refractivity contribution in [2.75, 3.05) is 32.7 Å². The number of amides is 1. The highest BCUT2D eigenvalue weighted by Gasteiger charge is 2.33. The second-order valence-corrected chi connectivity index (χ2v) is 6.66. The first kappa shape index (κ1) is 16.3. The number of hydrogen-bond donors (Lipinski definition) is 1. The van der Waals surface area contributed by atoms with Gasteiger partial charge in [-0.25, -0.2) is 4.79 Å². The van der Waals surface area contributed by atoms with Gasteiger partial charge >= 0.3 is 6.09 Å². The molecule has 1 atom stereocenters. The van der Waals surface area contributed by atoms with E-state index in [-0.39, 0.29) is 6.09 Å². The van der Waals surface area contributed by atoms with Crippen LogP contribution in [0.1, 0.15) is 24.8 Å². The number of carbonyl (C=O) groups is 1. The van der Waals surface area contributed by atoms with Crippen molar-refractivity contribution < 1.29 is 9.53 Å². The van der Waals surface area contributed by atoms with Gasteiger partial charge in [0, 0.05) is 38.8 Å². The van der Waals surface area contributed by atoms with Crippen molar-refractivity contribution in [1.29, 1.82) is 0 Å². The molecule has 1 amide bonds. The van der Waals surface area contributed by atoms with Gasteiger partial charge in [0.2, 0.25) is 0 Å². The van der Waals surface area contributed by atoms with Crippen LogP contribution in [0.3, 0.4) is 0 Å². The lowest BCUT2D eigenvalue weighted by Gasteiger charge is -2.24. The number of ether oxygens (including phenoxy) is 1. The zero-order valence-electron chi connectivity index (χ0n) is 13.7. The Morgan fingerprint density at radius 1 is 1.26 bits per heavy atom. The topological polar surface area (TPSA) is 58.8 Å². The minimum atomic E-state index is -0.187. The Morgan fingerprint density at radius 3 is 2.74 bits per heavy atom. The van der Waals surface area contributed by atoms with Gasteiger partial charge < -0.3 is 15.4 Å². The lowest BCUT2D eigenvalue weighted by molar-refractivity contribution is 0.102. The largest absolute Gasteiger partial charge is 0.445 e. The fourth-order valence-electron chi connectivity index (χ4n) is 3.32. The predicted molar refractivity (Wildman–Crippen MR) is 90.0 cm³/mol. The fourth-order valence-corrected chi connectivity index (χ4v) is 3.32. The molecule has 0 aromatic heterocycles. The summed E-state index contributed by atoms with van der Waals surface area (Å²) in [5.41, 5.74) is 6.74. The smallest absolute Gasteiger partial charge is 0.410 e. The molecule has 2 fully saturated rings. The van der Waals surface area contributed by atoms with E-state index in [1.54, 1.807) is 0 Å². The molecule has 1 aromatic carbocycles. The van der Waals surface area contributed by atoms with Crippen LogP contribution in [0.25, 0.3) is 0 Å². The van der Waals surface area contributed by atoms with Crippen molar-refractivity contribution in [2.24, 2.45) is 11.7 Å². The number of likely N-dealkylation sites (tertiary alicyclic amines) is 1. The number of nitrogens with zero attached hydrogens (tertiary/aromatic N) is 2. The zero-order valence-corrected chi connectivity index (χ0v) is 13.7. The summed E-state index contributed by atoms with van der Waals surface area (Å²) < 4.78 is 5.43. The predicted octanol–water partition coefficient (Wildman–Crippen LogP) is 2.07. The van der Waals surface area contributed by atoms with Crippen molar-refractivity contribution in [2.45, 2.75) is 31.9 Å². The maximum absolute atomic E-state index is 12.2. The molecule has 1 aromatic rings. The third kappa shape index (κ3) is 4.69. The van der Waals surface area contributed by atoms with Crippen molar-refractivity contribution in [3.63, 3.8) is 0 Å². The van der Waals surface area contributed by atoms with Crippen LogP contribution in [-0.4, -0.2) is 54.7 Å². The number of benzene rings is 1. The first-order chi connectivity index (χ1) is 11.3. The molecule has 0 radical (unpaired) electrons. The Bertz CT molecular complexity index is 504. The van der Waals surface area contributed by atoms with Crippen molar-refractivity contribution in [3.05, 3.63) is 35.9 Å². The summed E-state index contributed by atoms with van der Waals surface area (Å²) in [7, 11) is 0. The zero-order chi connectivity index (χ0) is 16.1. The van der Waals surface area contributed by atoms with Crippen LogP contribution >= 0.6 is 0 Å². The highest BCUT2D eigenvalue weighted by atomic mass is 16.6. The van der Waals surface area contributed by atoms with Gasteiger partial charge in [0.25, 0.3) is 0 Å². The van der Waals surface area contributed by atoms with Gasteiger partial charge in [-0.05, 0) is 30.7 Å². The van der Waals surface area contributed by atoms with E-state index < -0.39 is 0 Å². The van der Waals surface area contributed by atoms with Crippen molar-refractivity contribution in [3.8, 4) is 0 Å². The molecule has 126 valence electrons. The maximum atomic E-state index is 12.2. The van der Waals surface area contributed by atoms with E-state index in [1.165, 1.54) is 12.8 Å². The molecule has 5 heteroatoms. The fraction of sp³-hybridized carbons (Fsp3) is 0.611. The molecule has 23 heavy (non-hydrogen) atoms. The Labute approximate surface area is 138 Å². The summed E-state index contributed by atoms with van der Waals surface area (Å²) in [6, 6.07) is 10.6. The normalized spacial score (nSPS) is 21.0. The molecule has 1 unspecified atom stereocenters. The minimum absolute atomic E-state index is 0.187. The lowest BCUT2D eigenvalue weighted by atomic mass is 10.1. The molecule has 1 aliphatic carbocycles. The van der Waals surface area contributed by atoms with Gasteiger partial charge in [0.15, 0.2) is 0 Å². The van der Waals surface area contributed by atoms with E-state index in [0.717, 1.165) is 44.2 Å². The molecular weight excluding hydrogens is 290 g/mol. The molecule has 2 aliphatic rings. The highest BCUT2D eigenvalue weighted by molar-refractivity contribution is 5.68. The summed E-state index contributed by atoms with van der Waals surface area (Å²) in [4.78, 5) is 16.5. The van der Waals surface area contributed by atoms with E-state index in [2.05, 4.69) is 4.90 Å². The van der Waals surface area contributed by atoms with Crippen molar-refractivity contribution in [1.82, 2.24) is 9.80 Å². The Morgan fingerprint density at radius 2 is 2.04 bits per heavy atom. The van der Waals surface area contributed by atoms with Crippen LogP contribution in [0.2, 0.25) is 0 Å². The van der Waals surface area contributed by atoms with Crippen LogP contribution in [0, 0.1) is 5.92 Å². The third-order valence-electron chi connectivity index (χ3n) is 4.72. The van der Waals surface area contributed by atoms with E-state index in [9.17, 15) is 4.79 Å². The van der Waals surface area contributed by atoms with E-state index in [4.69, 9.17) is 10.5 Å². The number of hydrogen-bond acceptors (Lipinski definition) is 4. The van der Waals surface area contributed by atoms with Crippen LogP contribution in [0.5, 0.6) is 0 Å². The molecule has 1 saturated heterocycles. The average Bonchev–Trinajstić information content (AvgIpc) is 3.32. The lowest BCUT2D eigenvalue weighted by Crippen LogP contribution is -2.37. The molecule has 3 rings (SSSR count). The second-order valence-electron chi connectivity index (χ2n) is 6.66. The van der Waals surface area contributed by atoms with Gasteiger partial charge in [-0.3, -0.25) is 4.90 Å². The quantitative estimate of drug-likeness (QED) is 0.836. The first-order valence-electron chi connectivity index (χ1n) is 8.66. The monoisotopic (exact) mass is 317 g/mol. The van der Waals surface area contributed by atoms with Crippen LogP contribution in [0.15, 0.2) is 30.3 Å². The summed E-state index contributed by atoms with van der Waals surface area (Å²) in [5, 5.41) is 0. The average molecular weight is 317 g/mol. The van der Waals surface area contributed by atoms with Gasteiger partial charge in [0.05, 0.1) is 0 Å². The van der Waals surface area contributed by atoms with Crippen LogP contribution < -0.4 is 5.73 Å². The molecular formula is C18H27N3O2. The summed E-state index contributed by atoms with van der Waals surface area (Å²) in [6.07, 6.45) is 3.48. The van der Waals surface area contributed by atoms with Gasteiger partial charge in [-0.2, -0.15) is 0 Å². The standard InChI is InChI=1S/C18H27N3O2/c19-9-11-20(17-6-7-17)12-16-8-10-21(13-16)18(22)23-14-15-4-2-1-3-5-15/h1-5,16-17H,6-14,19H2. The van der Waals surface area contributed by atoms with E-state index in [0.29, 0.717) is 19.1 Å². The summed E-state index contributed by atoms with van der Waals surface area (Å²) >= 11 is 0. The Kier molecular flexibility index (Phi) is 5.51. The van der Waals surface area contributed by atoms with Gasteiger partial charge in [-0.1, -0.05) is 30.3 Å². The first-order valence-corrected chi connectivity index (χ1v) is 8.66. The number of carbonyl (C=O) groups excluding carboxylic acids is 1. The SMILES string of the molecule is NCCN(CC1CCN(C(=O)OCc2ccccc2)C1)C1CC1. The summed E-state index contributed by atoms with van der Waals surface area (Å²) in [6.45, 7) is 4.71. The Balaban J connectivity index is 1.42. The second kappa shape index (κ2) is 7.79. The molecule has 2 N–H and O–H groups in total. The third-order valence-corrected chi connectivity index (χ3v) is 4.72. The molecule has 1 heterocycles. The number of rotatable bonds is 7. The van der Waals surface area contributed by atoms with Gasteiger partial charge in [-0.15, -0.1) is 0 Å². The van der Waals surface area contributed by atoms with E-state index >= 15 is 0 Å². The number of nitrogens with two attached hydrogens (primary N) is 1. The van der Waals surface area contributed by atoms with Crippen molar-refractivity contribution >= 4 is 6.09 Å². The highest BCUT2D eigenvalue weighted by Crippen LogP contribution is 2.29. The Hall–Kier alpha value is -1.59. The van der Waals surface area contributed by atoms with E-state index in [1.807, 2.05) is 35.2 Å². The molecule has 1 saturated carbocycles. The molecule has 0 bridgehead atoms. The van der Waals surface area contributed by atoms with Crippen LogP contribution in [-0.2, 0) is 11.3 Å². The van der Waals surface area contributed by atoms with Gasteiger partial charge in [0.1, 0.15) is 6.61 Å². The summed E-state index contributed by atoms with van der Waals surface area (Å²) in [5.74, 6) is 0.548. The maximum Gasteiger partial charge on any atom is 0.410 e. The van der Waals surface area contributed by atoms with Crippen LogP contribution in [0.4, 0.5) is 4.79 Å². The molecule has 0 spiro atoms. The molecule has 5 nitrogen and oxygen atoms in total. The minimum Gasteiger partial charge on any atom is -0.445 e. The molecule has 1 aliphatic heterocycles.